The number of fused-ring (bicyclic) bond motifs is 1. The molecule has 5 aliphatic rings. The van der Waals surface area contributed by atoms with Crippen LogP contribution in [0.4, 0.5) is 0 Å². The first-order valence-corrected chi connectivity index (χ1v) is 14.2. The average Bonchev–Trinajstić information content (AvgIpc) is 3.08. The van der Waals surface area contributed by atoms with E-state index in [4.69, 9.17) is 13.9 Å². The summed E-state index contributed by atoms with van der Waals surface area (Å²) in [6, 6.07) is 0. The molecule has 5 rings (SSSR count). The minimum atomic E-state index is -1.76. The summed E-state index contributed by atoms with van der Waals surface area (Å²) in [6.07, 6.45) is 7.37. The summed E-state index contributed by atoms with van der Waals surface area (Å²) in [4.78, 5) is 26.2. The number of carbonyl (C=O) groups excluding carboxylic acids is 2. The first-order valence-electron chi connectivity index (χ1n) is 10.8. The summed E-state index contributed by atoms with van der Waals surface area (Å²) in [5, 5.41) is 0. The van der Waals surface area contributed by atoms with Gasteiger partial charge in [-0.2, -0.15) is 0 Å². The third-order valence-electron chi connectivity index (χ3n) is 8.59. The van der Waals surface area contributed by atoms with Crippen molar-refractivity contribution in [3.8, 4) is 0 Å². The molecule has 2 unspecified atom stereocenters. The van der Waals surface area contributed by atoms with Gasteiger partial charge in [0.05, 0.1) is 24.5 Å². The van der Waals surface area contributed by atoms with E-state index < -0.39 is 19.3 Å². The number of esters is 2. The number of hydrogen-bond acceptors (Lipinski definition) is 5. The molecule has 0 aromatic rings. The van der Waals surface area contributed by atoms with E-state index in [0.717, 1.165) is 19.3 Å². The van der Waals surface area contributed by atoms with Gasteiger partial charge in [-0.15, -0.1) is 0 Å². The van der Waals surface area contributed by atoms with Gasteiger partial charge < -0.3 is 13.9 Å². The van der Waals surface area contributed by atoms with Crippen LogP contribution in [0, 0.1) is 34.5 Å². The zero-order chi connectivity index (χ0) is 21.0. The normalized spacial score (nSPS) is 49.6. The van der Waals surface area contributed by atoms with Gasteiger partial charge in [-0.1, -0.05) is 24.3 Å². The Morgan fingerprint density at radius 3 is 2.72 bits per heavy atom. The summed E-state index contributed by atoms with van der Waals surface area (Å²) in [5.41, 5.74) is -0.444. The molecular formula is C23H32O5Si. The van der Waals surface area contributed by atoms with Gasteiger partial charge in [0.2, 0.25) is 0 Å². The maximum Gasteiger partial charge on any atom is 0.316 e. The Bertz CT molecular complexity index is 843. The average molecular weight is 417 g/mol. The molecule has 0 amide bonds. The highest BCUT2D eigenvalue weighted by Crippen LogP contribution is 2.77. The molecule has 4 fully saturated rings. The van der Waals surface area contributed by atoms with Gasteiger partial charge in [0.1, 0.15) is 5.60 Å². The molecule has 0 radical (unpaired) electrons. The van der Waals surface area contributed by atoms with Gasteiger partial charge in [0, 0.05) is 24.2 Å². The fourth-order valence-corrected chi connectivity index (χ4v) is 9.06. The Balaban J connectivity index is 1.67. The smallest absolute Gasteiger partial charge is 0.316 e. The maximum atomic E-state index is 13.2. The lowest BCUT2D eigenvalue weighted by Crippen LogP contribution is -2.49. The van der Waals surface area contributed by atoms with Gasteiger partial charge >= 0.3 is 11.9 Å². The molecule has 0 aromatic heterocycles. The fraction of sp³-hybridized carbons (Fsp3) is 0.739. The van der Waals surface area contributed by atoms with Gasteiger partial charge in [-0.3, -0.25) is 9.59 Å². The van der Waals surface area contributed by atoms with E-state index in [1.165, 1.54) is 12.7 Å². The summed E-state index contributed by atoms with van der Waals surface area (Å²) in [7, 11) is -0.292. The Labute approximate surface area is 174 Å². The summed E-state index contributed by atoms with van der Waals surface area (Å²) < 4.78 is 18.3. The van der Waals surface area contributed by atoms with Crippen LogP contribution in [0.2, 0.25) is 19.6 Å². The lowest BCUT2D eigenvalue weighted by molar-refractivity contribution is -0.162. The largest absolute Gasteiger partial charge is 0.469 e. The van der Waals surface area contributed by atoms with E-state index >= 15 is 0 Å². The van der Waals surface area contributed by atoms with Crippen molar-refractivity contribution in [2.24, 2.45) is 34.5 Å². The van der Waals surface area contributed by atoms with Crippen LogP contribution in [0.25, 0.3) is 0 Å². The van der Waals surface area contributed by atoms with E-state index in [9.17, 15) is 9.59 Å². The minimum absolute atomic E-state index is 0.0941. The number of carbonyl (C=O) groups is 2. The molecule has 1 spiro atoms. The molecule has 5 nitrogen and oxygen atoms in total. The van der Waals surface area contributed by atoms with Crippen LogP contribution in [0.3, 0.4) is 0 Å². The summed E-state index contributed by atoms with van der Waals surface area (Å²) >= 11 is 0. The predicted molar refractivity (Wildman–Crippen MR) is 110 cm³/mol. The van der Waals surface area contributed by atoms with Crippen LogP contribution in [0.1, 0.15) is 32.6 Å². The highest BCUT2D eigenvalue weighted by Gasteiger charge is 2.82. The Kier molecular flexibility index (Phi) is 3.80. The van der Waals surface area contributed by atoms with Gasteiger partial charge in [0.25, 0.3) is 0 Å². The van der Waals surface area contributed by atoms with Crippen molar-refractivity contribution in [2.45, 2.75) is 64.0 Å². The zero-order valence-corrected chi connectivity index (χ0v) is 19.1. The van der Waals surface area contributed by atoms with E-state index in [0.29, 0.717) is 6.42 Å². The molecule has 4 aliphatic carbocycles. The van der Waals surface area contributed by atoms with Crippen molar-refractivity contribution in [3.05, 3.63) is 24.3 Å². The summed E-state index contributed by atoms with van der Waals surface area (Å²) in [5.74, 6) is -0.537. The molecule has 6 heteroatoms. The lowest BCUT2D eigenvalue weighted by Gasteiger charge is -2.47. The van der Waals surface area contributed by atoms with E-state index in [2.05, 4.69) is 32.3 Å². The van der Waals surface area contributed by atoms with Crippen molar-refractivity contribution in [1.82, 2.24) is 0 Å². The van der Waals surface area contributed by atoms with Crippen molar-refractivity contribution in [2.75, 3.05) is 7.11 Å². The Morgan fingerprint density at radius 1 is 1.34 bits per heavy atom. The van der Waals surface area contributed by atoms with E-state index in [-0.39, 0.29) is 47.1 Å². The van der Waals surface area contributed by atoms with Gasteiger partial charge in [-0.05, 0) is 51.2 Å². The van der Waals surface area contributed by atoms with Crippen LogP contribution in [0.5, 0.6) is 0 Å². The zero-order valence-electron chi connectivity index (χ0n) is 18.1. The quantitative estimate of drug-likeness (QED) is 0.397. The molecule has 8 atom stereocenters. The number of methoxy groups -OCH3 is 1. The molecular weight excluding hydrogens is 384 g/mol. The third kappa shape index (κ3) is 2.25. The molecule has 4 bridgehead atoms. The molecule has 1 saturated heterocycles. The molecule has 158 valence electrons. The Hall–Kier alpha value is -1.40. The lowest BCUT2D eigenvalue weighted by atomic mass is 9.62. The molecule has 1 heterocycles. The van der Waals surface area contributed by atoms with Crippen molar-refractivity contribution >= 4 is 20.3 Å². The van der Waals surface area contributed by atoms with Crippen molar-refractivity contribution < 1.29 is 23.5 Å². The highest BCUT2D eigenvalue weighted by atomic mass is 28.4. The molecule has 0 N–H and O–H groups in total. The number of hydrogen-bond donors (Lipinski definition) is 0. The SMILES string of the molecule is C=C1C[C@]23CC1[C@H](O[Si](C)(C)C)C[C@H]2[C@@]12CC=CC(C)(C(=O)O1)[C@H]2[C@@H]3C(=O)OC. The third-order valence-corrected chi connectivity index (χ3v) is 9.60. The first kappa shape index (κ1) is 19.6. The minimum Gasteiger partial charge on any atom is -0.469 e. The number of ether oxygens (including phenoxy) is 2. The monoisotopic (exact) mass is 416 g/mol. The van der Waals surface area contributed by atoms with Crippen LogP contribution in [-0.4, -0.2) is 39.1 Å². The van der Waals surface area contributed by atoms with Crippen LogP contribution < -0.4 is 0 Å². The second-order valence-electron chi connectivity index (χ2n) is 11.1. The molecule has 1 aliphatic heterocycles. The predicted octanol–water partition coefficient (Wildman–Crippen LogP) is 3.86. The Morgan fingerprint density at radius 2 is 2.07 bits per heavy atom. The van der Waals surface area contributed by atoms with Crippen LogP contribution in [-0.2, 0) is 23.5 Å². The molecule has 0 aromatic carbocycles. The number of rotatable bonds is 3. The second-order valence-corrected chi connectivity index (χ2v) is 15.6. The standard InChI is InChI=1S/C23H32O5Si/c1-13-11-22-12-14(13)15(28-29(4,5)6)10-16(22)23-9-7-8-21(2,20(25)27-23)18(23)17(22)19(24)26-3/h7-8,14-18H,1,9-12H2,2-6H3/t14?,15-,16-,17-,18-,21?,22+,23-/m1/s1. The highest BCUT2D eigenvalue weighted by molar-refractivity contribution is 6.69. The molecule has 29 heavy (non-hydrogen) atoms. The van der Waals surface area contributed by atoms with Gasteiger partial charge in [-0.25, -0.2) is 0 Å². The fourth-order valence-electron chi connectivity index (χ4n) is 7.89. The van der Waals surface area contributed by atoms with E-state index in [1.807, 2.05) is 13.0 Å². The second kappa shape index (κ2) is 5.64. The maximum absolute atomic E-state index is 13.2. The van der Waals surface area contributed by atoms with Crippen LogP contribution >= 0.6 is 0 Å². The first-order chi connectivity index (χ1) is 13.5. The van der Waals surface area contributed by atoms with E-state index in [1.54, 1.807) is 0 Å². The van der Waals surface area contributed by atoms with Crippen molar-refractivity contribution in [3.63, 3.8) is 0 Å². The van der Waals surface area contributed by atoms with Crippen molar-refractivity contribution in [1.29, 1.82) is 0 Å². The molecule has 3 saturated carbocycles. The topological polar surface area (TPSA) is 61.8 Å². The van der Waals surface area contributed by atoms with Crippen LogP contribution in [0.15, 0.2) is 24.3 Å². The summed E-state index contributed by atoms with van der Waals surface area (Å²) in [6.45, 7) is 13.0. The van der Waals surface area contributed by atoms with Gasteiger partial charge in [0.15, 0.2) is 8.32 Å².